The van der Waals surface area contributed by atoms with Crippen LogP contribution >= 0.6 is 11.6 Å². The van der Waals surface area contributed by atoms with Crippen molar-refractivity contribution in [3.63, 3.8) is 0 Å². The Balaban J connectivity index is 1.98. The summed E-state index contributed by atoms with van der Waals surface area (Å²) in [5, 5.41) is 3.68. The molecule has 0 saturated heterocycles. The van der Waals surface area contributed by atoms with Crippen LogP contribution in [-0.4, -0.2) is 33.3 Å². The molecular weight excluding hydrogens is 419 g/mol. The summed E-state index contributed by atoms with van der Waals surface area (Å²) < 4.78 is 41.0. The van der Waals surface area contributed by atoms with Crippen LogP contribution in [0.15, 0.2) is 46.2 Å². The lowest BCUT2D eigenvalue weighted by molar-refractivity contribution is -0.141. The Morgan fingerprint density at radius 1 is 1.20 bits per heavy atom. The molecule has 0 amide bonds. The van der Waals surface area contributed by atoms with Crippen molar-refractivity contribution in [3.8, 4) is 5.69 Å². The Bertz CT molecular complexity index is 1190. The molecule has 1 N–H and O–H groups in total. The van der Waals surface area contributed by atoms with Crippen molar-refractivity contribution in [2.24, 2.45) is 4.99 Å². The molecule has 0 bridgehead atoms. The van der Waals surface area contributed by atoms with Crippen molar-refractivity contribution in [3.05, 3.63) is 57.6 Å². The molecule has 1 fully saturated rings. The Kier molecular flexibility index (Phi) is 5.01. The van der Waals surface area contributed by atoms with Gasteiger partial charge in [-0.1, -0.05) is 23.7 Å². The van der Waals surface area contributed by atoms with E-state index in [-0.39, 0.29) is 27.6 Å². The standard InChI is InChI=1S/C20H17ClF3N5O/c1-25-11-19(9-4-10-19)28-16-12-7-8-15(20(22,23)24)26-17(12)29(18(30)27-16)14-6-3-2-5-13(14)21/h2-3,5-8H,1,4,9-11H2,(H,27,28,30). The number of nitrogens with zero attached hydrogens (tertiary/aromatic N) is 4. The first-order valence-electron chi connectivity index (χ1n) is 9.21. The van der Waals surface area contributed by atoms with Crippen molar-refractivity contribution in [2.45, 2.75) is 31.0 Å². The maximum atomic E-state index is 13.3. The van der Waals surface area contributed by atoms with Crippen LogP contribution in [0.25, 0.3) is 16.7 Å². The highest BCUT2D eigenvalue weighted by Crippen LogP contribution is 2.37. The molecule has 156 valence electrons. The van der Waals surface area contributed by atoms with E-state index < -0.39 is 23.1 Å². The molecule has 0 spiro atoms. The van der Waals surface area contributed by atoms with Crippen LogP contribution in [0.2, 0.25) is 5.02 Å². The van der Waals surface area contributed by atoms with Gasteiger partial charge >= 0.3 is 11.9 Å². The van der Waals surface area contributed by atoms with E-state index in [1.54, 1.807) is 12.1 Å². The van der Waals surface area contributed by atoms with Crippen molar-refractivity contribution >= 4 is 35.2 Å². The molecule has 2 aromatic heterocycles. The third-order valence-electron chi connectivity index (χ3n) is 5.23. The highest BCUT2D eigenvalue weighted by molar-refractivity contribution is 6.32. The third kappa shape index (κ3) is 3.54. The van der Waals surface area contributed by atoms with Crippen molar-refractivity contribution in [1.82, 2.24) is 14.5 Å². The number of rotatable bonds is 5. The summed E-state index contributed by atoms with van der Waals surface area (Å²) in [5.74, 6) is 0.169. The number of para-hydroxylation sites is 1. The molecule has 0 aliphatic heterocycles. The lowest BCUT2D eigenvalue weighted by Gasteiger charge is -2.42. The molecule has 1 saturated carbocycles. The van der Waals surface area contributed by atoms with Crippen molar-refractivity contribution in [2.75, 3.05) is 11.9 Å². The van der Waals surface area contributed by atoms with Gasteiger partial charge in [-0.3, -0.25) is 4.99 Å². The number of fused-ring (bicyclic) bond motifs is 1. The van der Waals surface area contributed by atoms with Gasteiger partial charge in [-0.25, -0.2) is 14.3 Å². The second-order valence-electron chi connectivity index (χ2n) is 7.24. The second-order valence-corrected chi connectivity index (χ2v) is 7.64. The number of aromatic nitrogens is 3. The van der Waals surface area contributed by atoms with Gasteiger partial charge in [-0.05, 0) is 50.2 Å². The number of nitrogens with one attached hydrogen (secondary N) is 1. The van der Waals surface area contributed by atoms with Gasteiger partial charge in [0, 0.05) is 0 Å². The Morgan fingerprint density at radius 3 is 2.53 bits per heavy atom. The molecule has 6 nitrogen and oxygen atoms in total. The normalized spacial score (nSPS) is 15.6. The fourth-order valence-electron chi connectivity index (χ4n) is 3.59. The molecule has 2 heterocycles. The number of hydrogen-bond donors (Lipinski definition) is 1. The SMILES string of the molecule is C=NCC1(Nc2nc(=O)n(-c3ccccc3Cl)c3nc(C(F)(F)F)ccc23)CCC1. The fourth-order valence-corrected chi connectivity index (χ4v) is 3.82. The fraction of sp³-hybridized carbons (Fsp3) is 0.300. The highest BCUT2D eigenvalue weighted by atomic mass is 35.5. The number of pyridine rings is 1. The van der Waals surface area contributed by atoms with Crippen LogP contribution in [0, 0.1) is 0 Å². The maximum Gasteiger partial charge on any atom is 0.433 e. The lowest BCUT2D eigenvalue weighted by Crippen LogP contribution is -2.48. The quantitative estimate of drug-likeness (QED) is 0.599. The molecule has 1 aliphatic rings. The molecule has 4 rings (SSSR count). The van der Waals surface area contributed by atoms with E-state index in [4.69, 9.17) is 11.6 Å². The van der Waals surface area contributed by atoms with Gasteiger partial charge in [-0.2, -0.15) is 18.2 Å². The molecule has 10 heteroatoms. The summed E-state index contributed by atoms with van der Waals surface area (Å²) in [4.78, 5) is 24.7. The van der Waals surface area contributed by atoms with Gasteiger partial charge in [0.15, 0.2) is 5.65 Å². The molecule has 0 atom stereocenters. The lowest BCUT2D eigenvalue weighted by atomic mass is 9.76. The minimum atomic E-state index is -4.67. The number of alkyl halides is 3. The Morgan fingerprint density at radius 2 is 1.93 bits per heavy atom. The largest absolute Gasteiger partial charge is 0.433 e. The minimum absolute atomic E-state index is 0.169. The monoisotopic (exact) mass is 435 g/mol. The van der Waals surface area contributed by atoms with E-state index in [0.717, 1.165) is 29.9 Å². The molecule has 30 heavy (non-hydrogen) atoms. The third-order valence-corrected chi connectivity index (χ3v) is 5.55. The predicted octanol–water partition coefficient (Wildman–Crippen LogP) is 4.49. The average molecular weight is 436 g/mol. The molecule has 1 aromatic carbocycles. The van der Waals surface area contributed by atoms with Crippen molar-refractivity contribution < 1.29 is 13.2 Å². The summed E-state index contributed by atoms with van der Waals surface area (Å²) in [6, 6.07) is 8.47. The topological polar surface area (TPSA) is 72.2 Å². The molecule has 3 aromatic rings. The first kappa shape index (κ1) is 20.3. The van der Waals surface area contributed by atoms with Crippen LogP contribution in [0.3, 0.4) is 0 Å². The van der Waals surface area contributed by atoms with Gasteiger partial charge in [0.05, 0.1) is 28.2 Å². The number of aliphatic imine (C=N–C) groups is 1. The van der Waals surface area contributed by atoms with Crippen molar-refractivity contribution in [1.29, 1.82) is 0 Å². The van der Waals surface area contributed by atoms with Gasteiger partial charge < -0.3 is 5.32 Å². The Labute approximate surface area is 174 Å². The van der Waals surface area contributed by atoms with E-state index in [1.165, 1.54) is 18.2 Å². The van der Waals surface area contributed by atoms with Gasteiger partial charge in [0.1, 0.15) is 11.5 Å². The molecule has 0 unspecified atom stereocenters. The summed E-state index contributed by atoms with van der Waals surface area (Å²) in [6.07, 6.45) is -2.13. The molecule has 1 aliphatic carbocycles. The molecule has 0 radical (unpaired) electrons. The first-order chi connectivity index (χ1) is 14.2. The smallest absolute Gasteiger partial charge is 0.362 e. The van der Waals surface area contributed by atoms with Gasteiger partial charge in [0.2, 0.25) is 0 Å². The zero-order valence-corrected chi connectivity index (χ0v) is 16.5. The van der Waals surface area contributed by atoms with Crippen LogP contribution < -0.4 is 11.0 Å². The van der Waals surface area contributed by atoms with Crippen LogP contribution in [0.5, 0.6) is 0 Å². The highest BCUT2D eigenvalue weighted by Gasteiger charge is 2.38. The number of anilines is 1. The number of benzene rings is 1. The van der Waals surface area contributed by atoms with Crippen LogP contribution in [-0.2, 0) is 6.18 Å². The first-order valence-corrected chi connectivity index (χ1v) is 9.58. The van der Waals surface area contributed by atoms with Gasteiger partial charge in [-0.15, -0.1) is 0 Å². The number of halogens is 4. The van der Waals surface area contributed by atoms with Crippen LogP contribution in [0.4, 0.5) is 19.0 Å². The van der Waals surface area contributed by atoms with E-state index in [2.05, 4.69) is 27.0 Å². The predicted molar refractivity (Wildman–Crippen MR) is 110 cm³/mol. The number of hydrogen-bond acceptors (Lipinski definition) is 5. The Hall–Kier alpha value is -2.94. The summed E-state index contributed by atoms with van der Waals surface area (Å²) in [7, 11) is 0. The van der Waals surface area contributed by atoms with Gasteiger partial charge in [0.25, 0.3) is 0 Å². The van der Waals surface area contributed by atoms with Crippen LogP contribution in [0.1, 0.15) is 25.0 Å². The zero-order chi connectivity index (χ0) is 21.5. The van der Waals surface area contributed by atoms with E-state index in [9.17, 15) is 18.0 Å². The summed E-state index contributed by atoms with van der Waals surface area (Å²) in [6.45, 7) is 3.92. The summed E-state index contributed by atoms with van der Waals surface area (Å²) >= 11 is 6.21. The van der Waals surface area contributed by atoms with E-state index in [0.29, 0.717) is 6.54 Å². The van der Waals surface area contributed by atoms with E-state index in [1.807, 2.05) is 0 Å². The maximum absolute atomic E-state index is 13.3. The second kappa shape index (κ2) is 7.39. The molecular formula is C20H17ClF3N5O. The summed E-state index contributed by atoms with van der Waals surface area (Å²) in [5.41, 5.74) is -2.30. The minimum Gasteiger partial charge on any atom is -0.362 e. The zero-order valence-electron chi connectivity index (χ0n) is 15.7. The average Bonchev–Trinajstić information content (AvgIpc) is 2.66. The van der Waals surface area contributed by atoms with E-state index >= 15 is 0 Å².